The molecule has 0 bridgehead atoms. The lowest BCUT2D eigenvalue weighted by Gasteiger charge is -2.20. The van der Waals surface area contributed by atoms with Crippen molar-refractivity contribution in [2.24, 2.45) is 0 Å². The van der Waals surface area contributed by atoms with E-state index in [1.165, 1.54) is 13.0 Å². The summed E-state index contributed by atoms with van der Waals surface area (Å²) < 4.78 is 22.6. The van der Waals surface area contributed by atoms with E-state index in [1.807, 2.05) is 39.8 Å². The summed E-state index contributed by atoms with van der Waals surface area (Å²) in [5.41, 5.74) is 6.34. The first-order valence-electron chi connectivity index (χ1n) is 9.27. The fourth-order valence-electron chi connectivity index (χ4n) is 1.76. The zero-order chi connectivity index (χ0) is 20.7. The molecule has 1 aromatic heterocycles. The molecule has 0 saturated carbocycles. The first-order valence-corrected chi connectivity index (χ1v) is 9.27. The molecule has 0 saturated heterocycles. The number of nitrogens with one attached hydrogen (secondary N) is 1. The molecule has 27 heavy (non-hydrogen) atoms. The monoisotopic (exact) mass is 377 g/mol. The molecule has 1 aliphatic heterocycles. The van der Waals surface area contributed by atoms with E-state index in [0.29, 0.717) is 35.4 Å². The molecule has 1 aromatic carbocycles. The molecule has 0 atom stereocenters. The molecule has 3 rings (SSSR count). The van der Waals surface area contributed by atoms with E-state index in [0.717, 1.165) is 6.54 Å². The van der Waals surface area contributed by atoms with E-state index in [9.17, 15) is 4.39 Å². The van der Waals surface area contributed by atoms with Gasteiger partial charge in [-0.25, -0.2) is 9.37 Å². The molecule has 5 nitrogen and oxygen atoms in total. The van der Waals surface area contributed by atoms with Crippen molar-refractivity contribution in [2.75, 3.05) is 24.2 Å². The van der Waals surface area contributed by atoms with Crippen LogP contribution in [0.15, 0.2) is 48.4 Å². The maximum absolute atomic E-state index is 11.3. The minimum atomic E-state index is -0.120. The highest BCUT2D eigenvalue weighted by molar-refractivity contribution is 5.60. The lowest BCUT2D eigenvalue weighted by atomic mass is 10.3. The Morgan fingerprint density at radius 2 is 1.78 bits per heavy atom. The molecule has 1 aliphatic rings. The second-order valence-corrected chi connectivity index (χ2v) is 4.81. The molecule has 0 spiro atoms. The quantitative estimate of drug-likeness (QED) is 0.610. The van der Waals surface area contributed by atoms with Crippen LogP contribution in [-0.2, 0) is 0 Å². The van der Waals surface area contributed by atoms with Crippen molar-refractivity contribution in [1.29, 1.82) is 0 Å². The first-order chi connectivity index (χ1) is 13.1. The predicted molar refractivity (Wildman–Crippen MR) is 112 cm³/mol. The average Bonchev–Trinajstić information content (AvgIpc) is 2.73. The van der Waals surface area contributed by atoms with E-state index < -0.39 is 0 Å². The molecular weight excluding hydrogens is 345 g/mol. The number of ether oxygens (including phenoxy) is 2. The van der Waals surface area contributed by atoms with Crippen LogP contribution in [-0.4, -0.2) is 18.1 Å². The van der Waals surface area contributed by atoms with Crippen molar-refractivity contribution in [3.63, 3.8) is 0 Å². The largest absolute Gasteiger partial charge is 0.485 e. The highest BCUT2D eigenvalue weighted by atomic mass is 19.1. The number of hydrogen-bond acceptors (Lipinski definition) is 5. The maximum atomic E-state index is 11.3. The molecular formula is C21H32FN3O2. The van der Waals surface area contributed by atoms with E-state index in [2.05, 4.69) is 10.3 Å². The lowest BCUT2D eigenvalue weighted by molar-refractivity contribution is 0.304. The number of halogens is 1. The van der Waals surface area contributed by atoms with Gasteiger partial charge < -0.3 is 20.5 Å². The van der Waals surface area contributed by atoms with Crippen molar-refractivity contribution >= 4 is 11.5 Å². The number of nitrogens with two attached hydrogens (primary N) is 1. The average molecular weight is 378 g/mol. The van der Waals surface area contributed by atoms with Gasteiger partial charge in [0.1, 0.15) is 12.4 Å². The molecule has 150 valence electrons. The maximum Gasteiger partial charge on any atom is 0.204 e. The van der Waals surface area contributed by atoms with Crippen LogP contribution < -0.4 is 20.5 Å². The van der Waals surface area contributed by atoms with Crippen molar-refractivity contribution in [3.8, 4) is 17.2 Å². The predicted octanol–water partition coefficient (Wildman–Crippen LogP) is 6.19. The zero-order valence-corrected chi connectivity index (χ0v) is 17.2. The van der Waals surface area contributed by atoms with Gasteiger partial charge in [0.25, 0.3) is 0 Å². The number of nitrogens with zero attached hydrogens (tertiary/aromatic N) is 1. The van der Waals surface area contributed by atoms with Gasteiger partial charge in [0, 0.05) is 18.0 Å². The van der Waals surface area contributed by atoms with Crippen molar-refractivity contribution in [2.45, 2.75) is 41.5 Å². The zero-order valence-electron chi connectivity index (χ0n) is 17.2. The third kappa shape index (κ3) is 8.94. The first kappa shape index (κ1) is 24.2. The summed E-state index contributed by atoms with van der Waals surface area (Å²) >= 11 is 0. The van der Waals surface area contributed by atoms with Crippen molar-refractivity contribution in [3.05, 3.63) is 48.4 Å². The van der Waals surface area contributed by atoms with Gasteiger partial charge in [-0.05, 0) is 38.1 Å². The number of aromatic nitrogens is 1. The Labute approximate surface area is 162 Å². The van der Waals surface area contributed by atoms with E-state index in [1.54, 1.807) is 31.3 Å². The van der Waals surface area contributed by atoms with E-state index in [-0.39, 0.29) is 5.83 Å². The highest BCUT2D eigenvalue weighted by Gasteiger charge is 2.16. The molecule has 0 unspecified atom stereocenters. The van der Waals surface area contributed by atoms with Crippen molar-refractivity contribution < 1.29 is 13.9 Å². The number of rotatable bonds is 2. The van der Waals surface area contributed by atoms with Crippen LogP contribution in [0.4, 0.5) is 15.9 Å². The summed E-state index contributed by atoms with van der Waals surface area (Å²) in [6.07, 6.45) is 3.10. The smallest absolute Gasteiger partial charge is 0.204 e. The number of benzene rings is 1. The van der Waals surface area contributed by atoms with Crippen LogP contribution in [0.2, 0.25) is 0 Å². The van der Waals surface area contributed by atoms with Crippen LogP contribution in [0.5, 0.6) is 17.2 Å². The molecule has 0 radical (unpaired) electrons. The van der Waals surface area contributed by atoms with Crippen LogP contribution in [0.25, 0.3) is 0 Å². The Morgan fingerprint density at radius 1 is 1.19 bits per heavy atom. The number of fused-ring (bicyclic) bond motifs is 1. The Hall–Kier alpha value is -2.76. The molecule has 2 heterocycles. The third-order valence-electron chi connectivity index (χ3n) is 3.02. The summed E-state index contributed by atoms with van der Waals surface area (Å²) in [5.74, 6) is 2.61. The number of anilines is 2. The lowest BCUT2D eigenvalue weighted by Crippen LogP contribution is -2.19. The highest BCUT2D eigenvalue weighted by Crippen LogP contribution is 2.37. The van der Waals surface area contributed by atoms with Crippen LogP contribution in [0.3, 0.4) is 0 Å². The summed E-state index contributed by atoms with van der Waals surface area (Å²) in [5, 5.41) is 3.16. The standard InChI is InChI=1S/C13H13N3O2.C4H7F.2C2H6/c14-9-1-3-10(4-2-9)18-11-5-6-15-13-12(11)17-8-7-16-13;1-3-4(2)5;2*1-2/h1-6H,7-8,14H2,(H,15,16);3H,1-2H3;2*1-2H3/b;4-3+;;. The van der Waals surface area contributed by atoms with E-state index in [4.69, 9.17) is 15.2 Å². The normalized spacial score (nSPS) is 11.4. The molecule has 6 heteroatoms. The Morgan fingerprint density at radius 3 is 2.33 bits per heavy atom. The number of hydrogen-bond donors (Lipinski definition) is 2. The molecule has 0 fully saturated rings. The molecule has 0 amide bonds. The van der Waals surface area contributed by atoms with Crippen LogP contribution in [0, 0.1) is 0 Å². The van der Waals surface area contributed by atoms with E-state index >= 15 is 0 Å². The summed E-state index contributed by atoms with van der Waals surface area (Å²) in [4.78, 5) is 4.20. The van der Waals surface area contributed by atoms with Gasteiger partial charge in [0.05, 0.1) is 12.4 Å². The van der Waals surface area contributed by atoms with Gasteiger partial charge in [-0.1, -0.05) is 33.8 Å². The van der Waals surface area contributed by atoms with Gasteiger partial charge in [0.15, 0.2) is 11.6 Å². The van der Waals surface area contributed by atoms with Gasteiger partial charge >= 0.3 is 0 Å². The van der Waals surface area contributed by atoms with Gasteiger partial charge in [-0.2, -0.15) is 0 Å². The Kier molecular flexibility index (Phi) is 12.9. The topological polar surface area (TPSA) is 69.4 Å². The van der Waals surface area contributed by atoms with Gasteiger partial charge in [-0.15, -0.1) is 0 Å². The van der Waals surface area contributed by atoms with Crippen LogP contribution in [0.1, 0.15) is 41.5 Å². The Balaban J connectivity index is 0.000000646. The molecule has 3 N–H and O–H groups in total. The summed E-state index contributed by atoms with van der Waals surface area (Å²) in [6, 6.07) is 9.00. The second kappa shape index (κ2) is 14.4. The minimum Gasteiger partial charge on any atom is -0.485 e. The van der Waals surface area contributed by atoms with Crippen molar-refractivity contribution in [1.82, 2.24) is 4.98 Å². The number of nitrogen functional groups attached to an aromatic ring is 1. The SMILES string of the molecule is C/C=C(\C)F.CC.CC.Nc1ccc(Oc2ccnc3c2OCCN3)cc1. The van der Waals surface area contributed by atoms with Gasteiger partial charge in [-0.3, -0.25) is 0 Å². The summed E-state index contributed by atoms with van der Waals surface area (Å²) in [7, 11) is 0. The third-order valence-corrected chi connectivity index (χ3v) is 3.02. The fourth-order valence-corrected chi connectivity index (χ4v) is 1.76. The number of allylic oxidation sites excluding steroid dienone is 2. The Bertz CT molecular complexity index is 670. The van der Waals surface area contributed by atoms with Crippen LogP contribution >= 0.6 is 0 Å². The minimum absolute atomic E-state index is 0.120. The fraction of sp³-hybridized carbons (Fsp3) is 0.381. The summed E-state index contributed by atoms with van der Waals surface area (Å²) in [6.45, 7) is 12.4. The molecule has 0 aliphatic carbocycles. The molecule has 2 aromatic rings. The second-order valence-electron chi connectivity index (χ2n) is 4.81. The van der Waals surface area contributed by atoms with Gasteiger partial charge in [0.2, 0.25) is 5.75 Å². The number of pyridine rings is 1.